The SMILES string of the molecule is CC1CN(C(=O)/C=C/c2ccc(Br)o2)CCO1. The Labute approximate surface area is 108 Å². The molecular weight excluding hydrogens is 286 g/mol. The number of morpholine rings is 1. The maximum atomic E-state index is 11.9. The van der Waals surface area contributed by atoms with E-state index < -0.39 is 0 Å². The van der Waals surface area contributed by atoms with Crippen LogP contribution in [0, 0.1) is 0 Å². The predicted octanol–water partition coefficient (Wildman–Crippen LogP) is 2.30. The minimum absolute atomic E-state index is 0.00678. The van der Waals surface area contributed by atoms with Gasteiger partial charge in [0.1, 0.15) is 5.76 Å². The number of rotatable bonds is 2. The van der Waals surface area contributed by atoms with Gasteiger partial charge in [-0.1, -0.05) is 0 Å². The lowest BCUT2D eigenvalue weighted by Gasteiger charge is -2.30. The summed E-state index contributed by atoms with van der Waals surface area (Å²) < 4.78 is 11.3. The molecule has 2 rings (SSSR count). The van der Waals surface area contributed by atoms with Crippen molar-refractivity contribution >= 4 is 27.9 Å². The highest BCUT2D eigenvalue weighted by Crippen LogP contribution is 2.15. The average Bonchev–Trinajstić information content (AvgIpc) is 2.72. The van der Waals surface area contributed by atoms with Gasteiger partial charge < -0.3 is 14.1 Å². The Morgan fingerprint density at radius 3 is 3.06 bits per heavy atom. The third kappa shape index (κ3) is 3.44. The first-order chi connectivity index (χ1) is 8.15. The normalized spacial score (nSPS) is 21.1. The van der Waals surface area contributed by atoms with E-state index in [0.717, 1.165) is 0 Å². The first kappa shape index (κ1) is 12.4. The Morgan fingerprint density at radius 2 is 2.41 bits per heavy atom. The van der Waals surface area contributed by atoms with Crippen LogP contribution in [0.5, 0.6) is 0 Å². The van der Waals surface area contributed by atoms with Crippen molar-refractivity contribution in [1.29, 1.82) is 0 Å². The molecule has 1 amide bonds. The summed E-state index contributed by atoms with van der Waals surface area (Å²) >= 11 is 3.21. The molecule has 92 valence electrons. The van der Waals surface area contributed by atoms with Crippen LogP contribution in [0.3, 0.4) is 0 Å². The summed E-state index contributed by atoms with van der Waals surface area (Å²) in [5.41, 5.74) is 0. The second kappa shape index (κ2) is 5.51. The number of carbonyl (C=O) groups excluding carboxylic acids is 1. The minimum Gasteiger partial charge on any atom is -0.450 e. The Balaban J connectivity index is 1.94. The predicted molar refractivity (Wildman–Crippen MR) is 67.4 cm³/mol. The van der Waals surface area contributed by atoms with Gasteiger partial charge in [0.2, 0.25) is 5.91 Å². The Hall–Kier alpha value is -1.07. The summed E-state index contributed by atoms with van der Waals surface area (Å²) in [7, 11) is 0. The summed E-state index contributed by atoms with van der Waals surface area (Å²) in [5.74, 6) is 0.652. The summed E-state index contributed by atoms with van der Waals surface area (Å²) in [4.78, 5) is 13.6. The van der Waals surface area contributed by atoms with Crippen molar-refractivity contribution in [3.05, 3.63) is 28.6 Å². The van der Waals surface area contributed by atoms with Gasteiger partial charge in [0.15, 0.2) is 4.67 Å². The molecule has 0 radical (unpaired) electrons. The van der Waals surface area contributed by atoms with Gasteiger partial charge in [0, 0.05) is 19.2 Å². The highest BCUT2D eigenvalue weighted by Gasteiger charge is 2.19. The zero-order valence-electron chi connectivity index (χ0n) is 9.56. The molecule has 1 saturated heterocycles. The fraction of sp³-hybridized carbons (Fsp3) is 0.417. The van der Waals surface area contributed by atoms with Crippen LogP contribution in [0.25, 0.3) is 6.08 Å². The zero-order valence-corrected chi connectivity index (χ0v) is 11.1. The second-order valence-corrected chi connectivity index (χ2v) is 4.72. The summed E-state index contributed by atoms with van der Waals surface area (Å²) in [5, 5.41) is 0. The molecule has 1 unspecified atom stereocenters. The lowest BCUT2D eigenvalue weighted by atomic mass is 10.3. The van der Waals surface area contributed by atoms with Crippen LogP contribution in [0.1, 0.15) is 12.7 Å². The third-order valence-corrected chi connectivity index (χ3v) is 2.96. The van der Waals surface area contributed by atoms with Gasteiger partial charge in [-0.05, 0) is 41.1 Å². The molecule has 1 aromatic heterocycles. The molecule has 1 aliphatic heterocycles. The number of halogens is 1. The van der Waals surface area contributed by atoms with Gasteiger partial charge in [-0.25, -0.2) is 0 Å². The van der Waals surface area contributed by atoms with Gasteiger partial charge in [-0.15, -0.1) is 0 Å². The molecule has 4 nitrogen and oxygen atoms in total. The quantitative estimate of drug-likeness (QED) is 0.787. The molecule has 1 fully saturated rings. The van der Waals surface area contributed by atoms with Crippen molar-refractivity contribution in [2.24, 2.45) is 0 Å². The molecule has 1 aromatic rings. The van der Waals surface area contributed by atoms with Crippen LogP contribution in [0.2, 0.25) is 0 Å². The Morgan fingerprint density at radius 1 is 1.59 bits per heavy atom. The van der Waals surface area contributed by atoms with Crippen molar-refractivity contribution in [2.45, 2.75) is 13.0 Å². The van der Waals surface area contributed by atoms with Gasteiger partial charge in [-0.3, -0.25) is 4.79 Å². The second-order valence-electron chi connectivity index (χ2n) is 3.94. The molecule has 1 atom stereocenters. The zero-order chi connectivity index (χ0) is 12.3. The highest BCUT2D eigenvalue weighted by atomic mass is 79.9. The number of ether oxygens (including phenoxy) is 1. The van der Waals surface area contributed by atoms with Crippen molar-refractivity contribution < 1.29 is 13.9 Å². The van der Waals surface area contributed by atoms with E-state index in [0.29, 0.717) is 30.1 Å². The largest absolute Gasteiger partial charge is 0.450 e. The standard InChI is InChI=1S/C12H14BrNO3/c1-9-8-14(6-7-16-9)12(15)5-3-10-2-4-11(13)17-10/h2-5,9H,6-8H2,1H3/b5-3+. The van der Waals surface area contributed by atoms with Gasteiger partial charge in [0.25, 0.3) is 0 Å². The number of nitrogens with zero attached hydrogens (tertiary/aromatic N) is 1. The van der Waals surface area contributed by atoms with Crippen LogP contribution in [0.15, 0.2) is 27.3 Å². The van der Waals surface area contributed by atoms with Crippen LogP contribution in [0.4, 0.5) is 0 Å². The molecule has 1 aliphatic rings. The van der Waals surface area contributed by atoms with Gasteiger partial charge in [-0.2, -0.15) is 0 Å². The number of amides is 1. The fourth-order valence-electron chi connectivity index (χ4n) is 1.70. The molecule has 0 saturated carbocycles. The van der Waals surface area contributed by atoms with E-state index in [2.05, 4.69) is 15.9 Å². The van der Waals surface area contributed by atoms with Crippen LogP contribution < -0.4 is 0 Å². The number of furan rings is 1. The highest BCUT2D eigenvalue weighted by molar-refractivity contribution is 9.10. The maximum absolute atomic E-state index is 11.9. The summed E-state index contributed by atoms with van der Waals surface area (Å²) in [6, 6.07) is 3.59. The first-order valence-corrected chi connectivity index (χ1v) is 6.28. The molecule has 5 heteroatoms. The fourth-order valence-corrected chi connectivity index (χ4v) is 2.01. The van der Waals surface area contributed by atoms with E-state index in [4.69, 9.17) is 9.15 Å². The molecule has 0 bridgehead atoms. The lowest BCUT2D eigenvalue weighted by Crippen LogP contribution is -2.43. The van der Waals surface area contributed by atoms with Crippen LogP contribution >= 0.6 is 15.9 Å². The molecule has 0 spiro atoms. The van der Waals surface area contributed by atoms with Crippen LogP contribution in [-0.4, -0.2) is 36.6 Å². The van der Waals surface area contributed by atoms with Crippen LogP contribution in [-0.2, 0) is 9.53 Å². The van der Waals surface area contributed by atoms with E-state index in [1.54, 1.807) is 23.1 Å². The smallest absolute Gasteiger partial charge is 0.246 e. The van der Waals surface area contributed by atoms with E-state index >= 15 is 0 Å². The van der Waals surface area contributed by atoms with E-state index in [9.17, 15) is 4.79 Å². The minimum atomic E-state index is -0.00678. The van der Waals surface area contributed by atoms with Crippen molar-refractivity contribution in [3.8, 4) is 0 Å². The topological polar surface area (TPSA) is 42.7 Å². The number of hydrogen-bond donors (Lipinski definition) is 0. The van der Waals surface area contributed by atoms with Crippen molar-refractivity contribution in [3.63, 3.8) is 0 Å². The molecule has 17 heavy (non-hydrogen) atoms. The monoisotopic (exact) mass is 299 g/mol. The third-order valence-electron chi connectivity index (χ3n) is 2.54. The molecule has 0 N–H and O–H groups in total. The number of carbonyl (C=O) groups is 1. The number of hydrogen-bond acceptors (Lipinski definition) is 3. The molecule has 0 aliphatic carbocycles. The molecule has 0 aromatic carbocycles. The van der Waals surface area contributed by atoms with Gasteiger partial charge >= 0.3 is 0 Å². The molecular formula is C12H14BrNO3. The average molecular weight is 300 g/mol. The summed E-state index contributed by atoms with van der Waals surface area (Å²) in [6.45, 7) is 3.86. The maximum Gasteiger partial charge on any atom is 0.246 e. The molecule has 2 heterocycles. The Kier molecular flexibility index (Phi) is 4.02. The van der Waals surface area contributed by atoms with E-state index in [-0.39, 0.29) is 12.0 Å². The van der Waals surface area contributed by atoms with Gasteiger partial charge in [0.05, 0.1) is 12.7 Å². The van der Waals surface area contributed by atoms with E-state index in [1.807, 2.05) is 6.92 Å². The van der Waals surface area contributed by atoms with Crippen molar-refractivity contribution in [2.75, 3.05) is 19.7 Å². The van der Waals surface area contributed by atoms with E-state index in [1.165, 1.54) is 6.08 Å². The Bertz CT molecular complexity index is 427. The first-order valence-electron chi connectivity index (χ1n) is 5.49. The summed E-state index contributed by atoms with van der Waals surface area (Å²) in [6.07, 6.45) is 3.31. The lowest BCUT2D eigenvalue weighted by molar-refractivity contribution is -0.132. The van der Waals surface area contributed by atoms with Crippen molar-refractivity contribution in [1.82, 2.24) is 4.90 Å².